The summed E-state index contributed by atoms with van der Waals surface area (Å²) < 4.78 is 2.34. The van der Waals surface area contributed by atoms with Crippen molar-refractivity contribution in [3.63, 3.8) is 0 Å². The summed E-state index contributed by atoms with van der Waals surface area (Å²) in [6, 6.07) is 12.6. The number of aromatic amines is 1. The highest BCUT2D eigenvalue weighted by Gasteiger charge is 2.29. The number of benzene rings is 1. The molecule has 8 nitrogen and oxygen atoms in total. The number of nitrogens with one attached hydrogen (secondary N) is 1. The molecular weight excluding hydrogens is 412 g/mol. The predicted molar refractivity (Wildman–Crippen MR) is 126 cm³/mol. The number of aromatic nitrogens is 8. The van der Waals surface area contributed by atoms with E-state index in [-0.39, 0.29) is 6.04 Å². The van der Waals surface area contributed by atoms with Gasteiger partial charge in [0, 0.05) is 29.4 Å². The van der Waals surface area contributed by atoms with Crippen molar-refractivity contribution in [1.82, 2.24) is 40.1 Å². The molecule has 0 amide bonds. The van der Waals surface area contributed by atoms with Gasteiger partial charge in [-0.1, -0.05) is 31.2 Å². The first kappa shape index (κ1) is 19.7. The number of nitrogens with zero attached hydrogens (tertiary/aromatic N) is 7. The van der Waals surface area contributed by atoms with E-state index in [1.807, 2.05) is 31.3 Å². The summed E-state index contributed by atoms with van der Waals surface area (Å²) in [5.74, 6) is 1.65. The third-order valence-electron chi connectivity index (χ3n) is 6.53. The Labute approximate surface area is 191 Å². The topological polar surface area (TPSA) is 98.1 Å². The van der Waals surface area contributed by atoms with E-state index in [2.05, 4.69) is 57.2 Å². The summed E-state index contributed by atoms with van der Waals surface area (Å²) in [5.41, 5.74) is 9.60. The highest BCUT2D eigenvalue weighted by molar-refractivity contribution is 5.79. The first-order chi connectivity index (χ1) is 16.1. The van der Waals surface area contributed by atoms with Crippen molar-refractivity contribution in [3.8, 4) is 22.6 Å². The number of imidazole rings is 1. The van der Waals surface area contributed by atoms with E-state index in [0.717, 1.165) is 58.8 Å². The predicted octanol–water partition coefficient (Wildman–Crippen LogP) is 4.39. The van der Waals surface area contributed by atoms with Crippen LogP contribution in [-0.2, 0) is 12.8 Å². The fraction of sp³-hybridized carbons (Fsp3) is 0.280. The normalized spacial score (nSPS) is 15.3. The number of H-pyrrole nitrogens is 1. The minimum absolute atomic E-state index is 0.197. The second-order valence-electron chi connectivity index (χ2n) is 8.61. The minimum Gasteiger partial charge on any atom is -0.305 e. The number of hydrogen-bond acceptors (Lipinski definition) is 6. The molecule has 0 spiro atoms. The molecule has 1 aromatic carbocycles. The number of rotatable bonds is 4. The third-order valence-corrected chi connectivity index (χ3v) is 6.53. The number of hydrogen-bond donors (Lipinski definition) is 1. The van der Waals surface area contributed by atoms with Gasteiger partial charge in [-0.15, -0.1) is 10.2 Å². The Bertz CT molecular complexity index is 1480. The third kappa shape index (κ3) is 3.13. The van der Waals surface area contributed by atoms with Gasteiger partial charge in [-0.3, -0.25) is 4.98 Å². The van der Waals surface area contributed by atoms with Crippen LogP contribution in [0.15, 0.2) is 42.6 Å². The number of aryl methyl sites for hydroxylation is 4. The van der Waals surface area contributed by atoms with E-state index in [1.165, 1.54) is 16.7 Å². The van der Waals surface area contributed by atoms with Gasteiger partial charge in [-0.2, -0.15) is 5.21 Å². The van der Waals surface area contributed by atoms with Gasteiger partial charge in [0.2, 0.25) is 5.82 Å². The molecule has 0 saturated heterocycles. The standard InChI is InChI=1S/C25H24N8/c1-4-22-28-23-14(2)11-15(3)27-25(23)33(22)21-10-9-16-12-20(26-13-19(16)21)17-7-5-6-8-18(17)24-29-31-32-30-24/h5-8,11-13,21H,4,9-10H2,1-3H3,(H,29,30,31,32). The molecule has 33 heavy (non-hydrogen) atoms. The summed E-state index contributed by atoms with van der Waals surface area (Å²) in [7, 11) is 0. The van der Waals surface area contributed by atoms with Crippen molar-refractivity contribution < 1.29 is 0 Å². The van der Waals surface area contributed by atoms with Crippen LogP contribution in [0.4, 0.5) is 0 Å². The maximum atomic E-state index is 4.95. The lowest BCUT2D eigenvalue weighted by molar-refractivity contribution is 0.565. The van der Waals surface area contributed by atoms with Crippen LogP contribution in [-0.4, -0.2) is 40.1 Å². The van der Waals surface area contributed by atoms with Gasteiger partial charge in [0.05, 0.1) is 11.7 Å². The van der Waals surface area contributed by atoms with E-state index in [9.17, 15) is 0 Å². The Kier molecular flexibility index (Phi) is 4.53. The maximum absolute atomic E-state index is 4.95. The Morgan fingerprint density at radius 1 is 1.09 bits per heavy atom. The lowest BCUT2D eigenvalue weighted by Crippen LogP contribution is -2.12. The van der Waals surface area contributed by atoms with Crippen LogP contribution in [0.25, 0.3) is 33.8 Å². The molecule has 6 rings (SSSR count). The summed E-state index contributed by atoms with van der Waals surface area (Å²) >= 11 is 0. The van der Waals surface area contributed by atoms with Crippen molar-refractivity contribution in [2.75, 3.05) is 0 Å². The number of fused-ring (bicyclic) bond motifs is 2. The van der Waals surface area contributed by atoms with Crippen molar-refractivity contribution in [2.45, 2.75) is 46.1 Å². The largest absolute Gasteiger partial charge is 0.305 e. The zero-order valence-corrected chi connectivity index (χ0v) is 18.9. The quantitative estimate of drug-likeness (QED) is 0.449. The van der Waals surface area contributed by atoms with Crippen LogP contribution in [0.2, 0.25) is 0 Å². The Morgan fingerprint density at radius 2 is 1.94 bits per heavy atom. The van der Waals surface area contributed by atoms with Crippen molar-refractivity contribution in [1.29, 1.82) is 0 Å². The fourth-order valence-electron chi connectivity index (χ4n) is 5.06. The molecule has 4 aromatic heterocycles. The summed E-state index contributed by atoms with van der Waals surface area (Å²) in [6.07, 6.45) is 4.90. The average Bonchev–Trinajstić information content (AvgIpc) is 3.57. The van der Waals surface area contributed by atoms with Crippen molar-refractivity contribution in [3.05, 3.63) is 70.8 Å². The monoisotopic (exact) mass is 436 g/mol. The molecule has 1 aliphatic carbocycles. The highest BCUT2D eigenvalue weighted by Crippen LogP contribution is 2.39. The maximum Gasteiger partial charge on any atom is 0.205 e. The zero-order chi connectivity index (χ0) is 22.5. The molecule has 1 aliphatic rings. The van der Waals surface area contributed by atoms with Crippen LogP contribution in [0.5, 0.6) is 0 Å². The number of tetrazole rings is 1. The number of pyridine rings is 2. The van der Waals surface area contributed by atoms with E-state index in [1.54, 1.807) is 0 Å². The lowest BCUT2D eigenvalue weighted by atomic mass is 10.0. The molecule has 0 aliphatic heterocycles. The van der Waals surface area contributed by atoms with E-state index in [0.29, 0.717) is 5.82 Å². The van der Waals surface area contributed by atoms with Crippen LogP contribution in [0, 0.1) is 13.8 Å². The highest BCUT2D eigenvalue weighted by atomic mass is 15.5. The molecule has 5 aromatic rings. The van der Waals surface area contributed by atoms with E-state index in [4.69, 9.17) is 15.0 Å². The SMILES string of the molecule is CCc1nc2c(C)cc(C)nc2n1C1CCc2cc(-c3ccccc3-c3nn[nH]n3)ncc21. The molecule has 1 unspecified atom stereocenters. The van der Waals surface area contributed by atoms with Crippen LogP contribution in [0.3, 0.4) is 0 Å². The van der Waals surface area contributed by atoms with Gasteiger partial charge < -0.3 is 4.57 Å². The second-order valence-corrected chi connectivity index (χ2v) is 8.61. The average molecular weight is 437 g/mol. The van der Waals surface area contributed by atoms with Crippen molar-refractivity contribution in [2.24, 2.45) is 0 Å². The summed E-state index contributed by atoms with van der Waals surface area (Å²) in [6.45, 7) is 6.32. The molecule has 8 heteroatoms. The zero-order valence-electron chi connectivity index (χ0n) is 18.9. The first-order valence-electron chi connectivity index (χ1n) is 11.3. The Hall–Kier alpha value is -3.94. The Morgan fingerprint density at radius 3 is 2.73 bits per heavy atom. The van der Waals surface area contributed by atoms with Gasteiger partial charge in [0.1, 0.15) is 11.3 Å². The van der Waals surface area contributed by atoms with Gasteiger partial charge >= 0.3 is 0 Å². The minimum atomic E-state index is 0.197. The van der Waals surface area contributed by atoms with E-state index < -0.39 is 0 Å². The molecule has 1 N–H and O–H groups in total. The smallest absolute Gasteiger partial charge is 0.205 e. The van der Waals surface area contributed by atoms with Gasteiger partial charge in [-0.05, 0) is 60.7 Å². The molecule has 0 bridgehead atoms. The summed E-state index contributed by atoms with van der Waals surface area (Å²) in [5, 5.41) is 14.6. The molecular formula is C25H24N8. The van der Waals surface area contributed by atoms with Gasteiger partial charge in [-0.25, -0.2) is 9.97 Å². The van der Waals surface area contributed by atoms with Crippen molar-refractivity contribution >= 4 is 11.2 Å². The van der Waals surface area contributed by atoms with Crippen LogP contribution < -0.4 is 0 Å². The van der Waals surface area contributed by atoms with E-state index >= 15 is 0 Å². The Balaban J connectivity index is 1.46. The molecule has 0 saturated carbocycles. The summed E-state index contributed by atoms with van der Waals surface area (Å²) in [4.78, 5) is 14.7. The molecule has 164 valence electrons. The molecule has 4 heterocycles. The fourth-order valence-corrected chi connectivity index (χ4v) is 5.06. The van der Waals surface area contributed by atoms with Gasteiger partial charge in [0.25, 0.3) is 0 Å². The molecule has 0 fully saturated rings. The second kappa shape index (κ2) is 7.58. The molecule has 0 radical (unpaired) electrons. The molecule has 1 atom stereocenters. The van der Waals surface area contributed by atoms with Gasteiger partial charge in [0.15, 0.2) is 5.65 Å². The van der Waals surface area contributed by atoms with Crippen LogP contribution in [0.1, 0.15) is 47.6 Å². The lowest BCUT2D eigenvalue weighted by Gasteiger charge is -2.17. The van der Waals surface area contributed by atoms with Crippen LogP contribution >= 0.6 is 0 Å². The first-order valence-corrected chi connectivity index (χ1v) is 11.3.